The number of fused-ring (bicyclic) bond motifs is 1. The maximum Gasteiger partial charge on any atom is 0.254 e. The molecule has 0 saturated carbocycles. The Hall–Kier alpha value is -2.72. The molecule has 0 atom stereocenters. The van der Waals surface area contributed by atoms with E-state index in [2.05, 4.69) is 4.98 Å². The zero-order valence-corrected chi connectivity index (χ0v) is 13.7. The van der Waals surface area contributed by atoms with Crippen LogP contribution in [0.5, 0.6) is 0 Å². The third-order valence-corrected chi connectivity index (χ3v) is 3.95. The van der Waals surface area contributed by atoms with E-state index in [-0.39, 0.29) is 5.91 Å². The van der Waals surface area contributed by atoms with Crippen molar-refractivity contribution in [3.05, 3.63) is 78.1 Å². The van der Waals surface area contributed by atoms with Crippen LogP contribution in [0.3, 0.4) is 0 Å². The highest BCUT2D eigenvalue weighted by Gasteiger charge is 2.18. The van der Waals surface area contributed by atoms with Crippen molar-refractivity contribution in [2.24, 2.45) is 0 Å². The van der Waals surface area contributed by atoms with Gasteiger partial charge in [-0.2, -0.15) is 0 Å². The summed E-state index contributed by atoms with van der Waals surface area (Å²) in [5.41, 5.74) is 1.57. The molecule has 0 aliphatic carbocycles. The first-order valence-electron chi connectivity index (χ1n) is 7.95. The van der Waals surface area contributed by atoms with Crippen molar-refractivity contribution < 1.29 is 9.53 Å². The lowest BCUT2D eigenvalue weighted by Crippen LogP contribution is -2.33. The van der Waals surface area contributed by atoms with Crippen molar-refractivity contribution >= 4 is 16.7 Å². The zero-order valence-electron chi connectivity index (χ0n) is 13.7. The van der Waals surface area contributed by atoms with Gasteiger partial charge in [-0.05, 0) is 29.0 Å². The van der Waals surface area contributed by atoms with Gasteiger partial charge in [0.15, 0.2) is 0 Å². The van der Waals surface area contributed by atoms with Crippen LogP contribution in [-0.2, 0) is 11.3 Å². The van der Waals surface area contributed by atoms with Crippen molar-refractivity contribution in [1.82, 2.24) is 9.88 Å². The summed E-state index contributed by atoms with van der Waals surface area (Å²) >= 11 is 0. The highest BCUT2D eigenvalue weighted by molar-refractivity contribution is 6.06. The van der Waals surface area contributed by atoms with E-state index >= 15 is 0 Å². The number of aromatic nitrogens is 1. The molecule has 0 spiro atoms. The Morgan fingerprint density at radius 2 is 1.83 bits per heavy atom. The van der Waals surface area contributed by atoms with Gasteiger partial charge >= 0.3 is 0 Å². The molecule has 1 aromatic heterocycles. The number of methoxy groups -OCH3 is 1. The number of nitrogens with zero attached hydrogens (tertiary/aromatic N) is 2. The van der Waals surface area contributed by atoms with Crippen molar-refractivity contribution in [1.29, 1.82) is 0 Å². The summed E-state index contributed by atoms with van der Waals surface area (Å²) in [7, 11) is 1.64. The summed E-state index contributed by atoms with van der Waals surface area (Å²) in [5.74, 6) is -0.00509. The van der Waals surface area contributed by atoms with Crippen molar-refractivity contribution in [3.8, 4) is 0 Å². The highest BCUT2D eigenvalue weighted by atomic mass is 16.5. The van der Waals surface area contributed by atoms with Gasteiger partial charge in [0.2, 0.25) is 0 Å². The number of hydrogen-bond donors (Lipinski definition) is 0. The molecular formula is C20H20N2O2. The van der Waals surface area contributed by atoms with Gasteiger partial charge < -0.3 is 9.64 Å². The normalized spacial score (nSPS) is 10.7. The molecule has 0 N–H and O–H groups in total. The number of amides is 1. The molecule has 122 valence electrons. The maximum absolute atomic E-state index is 13.1. The molecule has 0 bridgehead atoms. The van der Waals surface area contributed by atoms with Crippen LogP contribution in [-0.4, -0.2) is 36.1 Å². The number of rotatable bonds is 6. The van der Waals surface area contributed by atoms with Crippen LogP contribution in [0.4, 0.5) is 0 Å². The Bertz CT molecular complexity index is 813. The molecule has 3 aromatic rings. The second-order valence-electron chi connectivity index (χ2n) is 5.57. The predicted molar refractivity (Wildman–Crippen MR) is 94.8 cm³/mol. The summed E-state index contributed by atoms with van der Waals surface area (Å²) in [6.07, 6.45) is 1.74. The number of pyridine rings is 1. The Kier molecular flexibility index (Phi) is 5.18. The zero-order chi connectivity index (χ0) is 16.8. The summed E-state index contributed by atoms with van der Waals surface area (Å²) in [5, 5.41) is 2.03. The third-order valence-electron chi connectivity index (χ3n) is 3.95. The summed E-state index contributed by atoms with van der Waals surface area (Å²) in [6, 6.07) is 19.5. The summed E-state index contributed by atoms with van der Waals surface area (Å²) in [4.78, 5) is 19.2. The van der Waals surface area contributed by atoms with Crippen molar-refractivity contribution in [2.75, 3.05) is 20.3 Å². The summed E-state index contributed by atoms with van der Waals surface area (Å²) in [6.45, 7) is 1.48. The maximum atomic E-state index is 13.1. The van der Waals surface area contributed by atoms with Crippen LogP contribution in [0.1, 0.15) is 16.1 Å². The van der Waals surface area contributed by atoms with Crippen molar-refractivity contribution in [2.45, 2.75) is 6.54 Å². The van der Waals surface area contributed by atoms with Crippen LogP contribution >= 0.6 is 0 Å². The molecule has 0 unspecified atom stereocenters. The topological polar surface area (TPSA) is 42.4 Å². The molecule has 4 heteroatoms. The van der Waals surface area contributed by atoms with E-state index in [9.17, 15) is 4.79 Å². The van der Waals surface area contributed by atoms with Gasteiger partial charge in [-0.1, -0.05) is 42.5 Å². The minimum absolute atomic E-state index is 0.00509. The average molecular weight is 320 g/mol. The van der Waals surface area contributed by atoms with Crippen molar-refractivity contribution in [3.63, 3.8) is 0 Å². The molecule has 2 aromatic carbocycles. The smallest absolute Gasteiger partial charge is 0.254 e. The molecule has 0 aliphatic heterocycles. The predicted octanol–water partition coefficient (Wildman–Crippen LogP) is 3.52. The third kappa shape index (κ3) is 3.60. The van der Waals surface area contributed by atoms with Crippen LogP contribution < -0.4 is 0 Å². The minimum Gasteiger partial charge on any atom is -0.383 e. The van der Waals surface area contributed by atoms with Gasteiger partial charge in [-0.25, -0.2) is 0 Å². The SMILES string of the molecule is COCCN(Cc1ccccn1)C(=O)c1cccc2ccccc12. The lowest BCUT2D eigenvalue weighted by molar-refractivity contribution is 0.0680. The van der Waals surface area contributed by atoms with Gasteiger partial charge in [0.25, 0.3) is 5.91 Å². The second kappa shape index (κ2) is 7.70. The lowest BCUT2D eigenvalue weighted by Gasteiger charge is -2.23. The number of benzene rings is 2. The molecule has 0 aliphatic rings. The first kappa shape index (κ1) is 16.1. The Morgan fingerprint density at radius 1 is 1.04 bits per heavy atom. The molecule has 0 fully saturated rings. The number of ether oxygens (including phenoxy) is 1. The van der Waals surface area contributed by atoms with Gasteiger partial charge in [0, 0.05) is 25.4 Å². The van der Waals surface area contributed by atoms with Crippen LogP contribution in [0.25, 0.3) is 10.8 Å². The van der Waals surface area contributed by atoms with E-state index in [1.807, 2.05) is 60.7 Å². The van der Waals surface area contributed by atoms with E-state index in [1.54, 1.807) is 18.2 Å². The van der Waals surface area contributed by atoms with Gasteiger partial charge in [-0.3, -0.25) is 9.78 Å². The fourth-order valence-electron chi connectivity index (χ4n) is 2.72. The fraction of sp³-hybridized carbons (Fsp3) is 0.200. The second-order valence-corrected chi connectivity index (χ2v) is 5.57. The number of carbonyl (C=O) groups is 1. The van der Waals surface area contributed by atoms with Crippen LogP contribution in [0.2, 0.25) is 0 Å². The van der Waals surface area contributed by atoms with E-state index < -0.39 is 0 Å². The van der Waals surface area contributed by atoms with E-state index in [4.69, 9.17) is 4.74 Å². The monoisotopic (exact) mass is 320 g/mol. The lowest BCUT2D eigenvalue weighted by atomic mass is 10.0. The molecular weight excluding hydrogens is 300 g/mol. The Labute approximate surface area is 141 Å². The molecule has 1 amide bonds. The molecule has 0 radical (unpaired) electrons. The Balaban J connectivity index is 1.92. The van der Waals surface area contributed by atoms with Crippen LogP contribution in [0.15, 0.2) is 66.9 Å². The largest absolute Gasteiger partial charge is 0.383 e. The minimum atomic E-state index is -0.00509. The van der Waals surface area contributed by atoms with Gasteiger partial charge in [0.05, 0.1) is 18.8 Å². The molecule has 0 saturated heterocycles. The molecule has 3 rings (SSSR count). The summed E-state index contributed by atoms with van der Waals surface area (Å²) < 4.78 is 5.17. The first-order valence-corrected chi connectivity index (χ1v) is 7.95. The molecule has 4 nitrogen and oxygen atoms in total. The van der Waals surface area contributed by atoms with E-state index in [0.717, 1.165) is 16.5 Å². The van der Waals surface area contributed by atoms with Gasteiger partial charge in [0.1, 0.15) is 0 Å². The average Bonchev–Trinajstić information content (AvgIpc) is 2.65. The van der Waals surface area contributed by atoms with Gasteiger partial charge in [-0.15, -0.1) is 0 Å². The molecule has 24 heavy (non-hydrogen) atoms. The van der Waals surface area contributed by atoms with E-state index in [0.29, 0.717) is 25.3 Å². The number of hydrogen-bond acceptors (Lipinski definition) is 3. The first-order chi connectivity index (χ1) is 11.8. The quantitative estimate of drug-likeness (QED) is 0.698. The highest BCUT2D eigenvalue weighted by Crippen LogP contribution is 2.20. The standard InChI is InChI=1S/C20H20N2O2/c1-24-14-13-22(15-17-9-4-5-12-21-17)20(23)19-11-6-8-16-7-2-3-10-18(16)19/h2-12H,13-15H2,1H3. The van der Waals surface area contributed by atoms with Crippen LogP contribution in [0, 0.1) is 0 Å². The van der Waals surface area contributed by atoms with E-state index in [1.165, 1.54) is 0 Å². The Morgan fingerprint density at radius 3 is 2.62 bits per heavy atom. The molecule has 1 heterocycles. The number of carbonyl (C=O) groups excluding carboxylic acids is 1. The fourth-order valence-corrected chi connectivity index (χ4v) is 2.72.